The van der Waals surface area contributed by atoms with Gasteiger partial charge in [0, 0.05) is 0 Å². The van der Waals surface area contributed by atoms with E-state index in [1.807, 2.05) is 0 Å². The van der Waals surface area contributed by atoms with Gasteiger partial charge in [-0.3, -0.25) is 0 Å². The van der Waals surface area contributed by atoms with Gasteiger partial charge >= 0.3 is 12.0 Å². The molecule has 0 radical (unpaired) electrons. The van der Waals surface area contributed by atoms with E-state index in [-0.39, 0.29) is 12.0 Å². The Morgan fingerprint density at radius 2 is 2.27 bits per heavy atom. The second-order valence-electron chi connectivity index (χ2n) is 3.02. The molecule has 5 heteroatoms. The van der Waals surface area contributed by atoms with Crippen LogP contribution in [0, 0.1) is 0 Å². The first-order chi connectivity index (χ1) is 7.22. The molecule has 0 unspecified atom stereocenters. The van der Waals surface area contributed by atoms with E-state index in [0.29, 0.717) is 17.9 Å². The molecule has 1 N–H and O–H groups in total. The molecule has 1 fully saturated rings. The summed E-state index contributed by atoms with van der Waals surface area (Å²) < 4.78 is 4.85. The lowest BCUT2D eigenvalue weighted by Crippen LogP contribution is -2.05. The standard InChI is InChI=1S/C10H10N2O3/c1-2-15-9(13)7-4-3-5-8(6-7)12-10(14)11-12/h3-6H,2H2,1H3,(H,11,14). The summed E-state index contributed by atoms with van der Waals surface area (Å²) in [5.41, 5.74) is 3.57. The molecular formula is C10H10N2O3. The number of carbonyl (C=O) groups is 2. The van der Waals surface area contributed by atoms with Crippen LogP contribution in [0.2, 0.25) is 0 Å². The highest BCUT2D eigenvalue weighted by molar-refractivity contribution is 6.06. The van der Waals surface area contributed by atoms with E-state index in [1.165, 1.54) is 5.01 Å². The monoisotopic (exact) mass is 206 g/mol. The number of anilines is 1. The SMILES string of the molecule is CCOC(=O)c1cccc(N2NC2=O)c1. The molecule has 1 aromatic carbocycles. The average molecular weight is 206 g/mol. The van der Waals surface area contributed by atoms with Gasteiger partial charge in [-0.1, -0.05) is 6.07 Å². The minimum atomic E-state index is -0.381. The molecule has 1 aliphatic heterocycles. The van der Waals surface area contributed by atoms with Crippen LogP contribution in [0.5, 0.6) is 0 Å². The Morgan fingerprint density at radius 1 is 1.53 bits per heavy atom. The first-order valence-corrected chi connectivity index (χ1v) is 4.60. The topological polar surface area (TPSA) is 68.3 Å². The van der Waals surface area contributed by atoms with Crippen LogP contribution in [0.15, 0.2) is 24.3 Å². The van der Waals surface area contributed by atoms with Crippen LogP contribution in [0.3, 0.4) is 0 Å². The zero-order valence-electron chi connectivity index (χ0n) is 8.19. The molecule has 15 heavy (non-hydrogen) atoms. The second-order valence-corrected chi connectivity index (χ2v) is 3.02. The van der Waals surface area contributed by atoms with Crippen LogP contribution >= 0.6 is 0 Å². The van der Waals surface area contributed by atoms with Crippen LogP contribution < -0.4 is 10.4 Å². The van der Waals surface area contributed by atoms with Gasteiger partial charge in [0.15, 0.2) is 0 Å². The summed E-state index contributed by atoms with van der Waals surface area (Å²) in [5, 5.41) is 1.35. The molecule has 2 amide bonds. The van der Waals surface area contributed by atoms with Crippen molar-refractivity contribution >= 4 is 17.7 Å². The molecule has 1 heterocycles. The number of benzene rings is 1. The first kappa shape index (κ1) is 9.51. The Kier molecular flexibility index (Phi) is 2.29. The van der Waals surface area contributed by atoms with E-state index in [0.717, 1.165) is 0 Å². The highest BCUT2D eigenvalue weighted by Gasteiger charge is 2.31. The van der Waals surface area contributed by atoms with Crippen LogP contribution in [0.4, 0.5) is 10.5 Å². The van der Waals surface area contributed by atoms with Crippen molar-refractivity contribution in [2.75, 3.05) is 11.6 Å². The van der Waals surface area contributed by atoms with Crippen molar-refractivity contribution in [3.8, 4) is 0 Å². The molecule has 5 nitrogen and oxygen atoms in total. The normalized spacial score (nSPS) is 13.4. The van der Waals surface area contributed by atoms with Crippen molar-refractivity contribution in [2.45, 2.75) is 6.92 Å². The summed E-state index contributed by atoms with van der Waals surface area (Å²) >= 11 is 0. The van der Waals surface area contributed by atoms with Gasteiger partial charge in [0.1, 0.15) is 0 Å². The maximum Gasteiger partial charge on any atom is 0.360 e. The highest BCUT2D eigenvalue weighted by atomic mass is 16.5. The lowest BCUT2D eigenvalue weighted by Gasteiger charge is -2.03. The lowest BCUT2D eigenvalue weighted by atomic mass is 10.2. The van der Waals surface area contributed by atoms with Crippen molar-refractivity contribution in [1.82, 2.24) is 5.43 Å². The molecule has 1 saturated heterocycles. The van der Waals surface area contributed by atoms with Gasteiger partial charge in [0.05, 0.1) is 17.9 Å². The minimum Gasteiger partial charge on any atom is -0.462 e. The fourth-order valence-corrected chi connectivity index (χ4v) is 1.24. The van der Waals surface area contributed by atoms with E-state index < -0.39 is 0 Å². The fourth-order valence-electron chi connectivity index (χ4n) is 1.24. The van der Waals surface area contributed by atoms with Crippen LogP contribution in [0.1, 0.15) is 17.3 Å². The zero-order valence-corrected chi connectivity index (χ0v) is 8.19. The Balaban J connectivity index is 2.19. The number of ether oxygens (including phenoxy) is 1. The number of amides is 2. The molecule has 1 aromatic rings. The van der Waals surface area contributed by atoms with Gasteiger partial charge in [0.2, 0.25) is 0 Å². The lowest BCUT2D eigenvalue weighted by molar-refractivity contribution is 0.0526. The third-order valence-corrected chi connectivity index (χ3v) is 1.98. The van der Waals surface area contributed by atoms with E-state index in [4.69, 9.17) is 4.74 Å². The van der Waals surface area contributed by atoms with Gasteiger partial charge in [-0.25, -0.2) is 15.0 Å². The van der Waals surface area contributed by atoms with Crippen molar-refractivity contribution < 1.29 is 14.3 Å². The number of nitrogens with one attached hydrogen (secondary N) is 1. The largest absolute Gasteiger partial charge is 0.462 e. The van der Waals surface area contributed by atoms with Crippen molar-refractivity contribution in [3.63, 3.8) is 0 Å². The molecule has 2 rings (SSSR count). The van der Waals surface area contributed by atoms with Gasteiger partial charge in [-0.2, -0.15) is 5.01 Å². The third-order valence-electron chi connectivity index (χ3n) is 1.98. The Labute approximate surface area is 86.6 Å². The molecule has 78 valence electrons. The number of rotatable bonds is 3. The summed E-state index contributed by atoms with van der Waals surface area (Å²) in [5.74, 6) is -0.381. The Morgan fingerprint density at radius 3 is 2.87 bits per heavy atom. The Bertz CT molecular complexity index is 417. The number of hydrogen-bond acceptors (Lipinski definition) is 3. The van der Waals surface area contributed by atoms with Gasteiger partial charge in [-0.15, -0.1) is 0 Å². The molecule has 0 aromatic heterocycles. The predicted molar refractivity (Wildman–Crippen MR) is 53.4 cm³/mol. The summed E-state index contributed by atoms with van der Waals surface area (Å²) in [7, 11) is 0. The van der Waals surface area contributed by atoms with E-state index in [2.05, 4.69) is 5.43 Å². The van der Waals surface area contributed by atoms with Crippen molar-refractivity contribution in [1.29, 1.82) is 0 Å². The van der Waals surface area contributed by atoms with Crippen molar-refractivity contribution in [3.05, 3.63) is 29.8 Å². The van der Waals surface area contributed by atoms with E-state index in [9.17, 15) is 9.59 Å². The summed E-state index contributed by atoms with van der Waals surface area (Å²) in [4.78, 5) is 22.2. The van der Waals surface area contributed by atoms with Gasteiger partial charge in [-0.05, 0) is 25.1 Å². The fraction of sp³-hybridized carbons (Fsp3) is 0.200. The maximum absolute atomic E-state index is 11.4. The Hall–Kier alpha value is -2.04. The van der Waals surface area contributed by atoms with E-state index in [1.54, 1.807) is 31.2 Å². The summed E-state index contributed by atoms with van der Waals surface area (Å²) in [6.45, 7) is 2.08. The molecular weight excluding hydrogens is 196 g/mol. The van der Waals surface area contributed by atoms with Crippen LogP contribution in [-0.4, -0.2) is 18.6 Å². The quantitative estimate of drug-likeness (QED) is 0.598. The summed E-state index contributed by atoms with van der Waals surface area (Å²) in [6.07, 6.45) is 0. The predicted octanol–water partition coefficient (Wildman–Crippen LogP) is 1.31. The molecule has 1 aliphatic rings. The number of esters is 1. The number of nitrogens with zero attached hydrogens (tertiary/aromatic N) is 1. The molecule has 0 spiro atoms. The molecule has 0 aliphatic carbocycles. The van der Waals surface area contributed by atoms with Crippen LogP contribution in [-0.2, 0) is 4.74 Å². The van der Waals surface area contributed by atoms with E-state index >= 15 is 0 Å². The number of hydrazine groups is 1. The molecule has 0 saturated carbocycles. The minimum absolute atomic E-state index is 0.170. The number of hydrogen-bond donors (Lipinski definition) is 1. The third kappa shape index (κ3) is 1.90. The van der Waals surface area contributed by atoms with Gasteiger partial charge in [0.25, 0.3) is 0 Å². The molecule has 0 bridgehead atoms. The maximum atomic E-state index is 11.4. The number of urea groups is 1. The smallest absolute Gasteiger partial charge is 0.360 e. The molecule has 0 atom stereocenters. The highest BCUT2D eigenvalue weighted by Crippen LogP contribution is 2.20. The summed E-state index contributed by atoms with van der Waals surface area (Å²) in [6, 6.07) is 6.52. The second kappa shape index (κ2) is 3.61. The van der Waals surface area contributed by atoms with Gasteiger partial charge < -0.3 is 4.74 Å². The zero-order chi connectivity index (χ0) is 10.8. The average Bonchev–Trinajstić information content (AvgIpc) is 2.96. The van der Waals surface area contributed by atoms with Crippen molar-refractivity contribution in [2.24, 2.45) is 0 Å². The number of carbonyl (C=O) groups excluding carboxylic acids is 2. The van der Waals surface area contributed by atoms with Crippen LogP contribution in [0.25, 0.3) is 0 Å². The first-order valence-electron chi connectivity index (χ1n) is 4.60.